The Morgan fingerprint density at radius 3 is 2.31 bits per heavy atom. The summed E-state index contributed by atoms with van der Waals surface area (Å²) in [6.45, 7) is 0. The van der Waals surface area contributed by atoms with Crippen LogP contribution in [-0.2, 0) is 0 Å². The summed E-state index contributed by atoms with van der Waals surface area (Å²) in [6, 6.07) is 11.6. The largest absolute Gasteiger partial charge is 0.198 e. The summed E-state index contributed by atoms with van der Waals surface area (Å²) in [6.07, 6.45) is 0.248. The molecule has 1 aromatic rings. The number of rotatable bonds is 2. The number of hydrogen-bond acceptors (Lipinski definition) is 2. The number of nitrogens with zero attached hydrogens (tertiary/aromatic N) is 2. The topological polar surface area (TPSA) is 47.6 Å². The molecule has 0 aliphatic rings. The zero-order valence-electron chi connectivity index (χ0n) is 6.87. The predicted molar refractivity (Wildman–Crippen MR) is 52.7 cm³/mol. The molecule has 0 aromatic heterocycles. The first-order chi connectivity index (χ1) is 6.27. The van der Waals surface area contributed by atoms with Gasteiger partial charge in [0.15, 0.2) is 0 Å². The molecule has 0 saturated heterocycles. The Kier molecular flexibility index (Phi) is 3.49. The highest BCUT2D eigenvalue weighted by molar-refractivity contribution is 9.10. The van der Waals surface area contributed by atoms with Crippen molar-refractivity contribution in [1.82, 2.24) is 0 Å². The zero-order valence-corrected chi connectivity index (χ0v) is 8.45. The molecule has 0 radical (unpaired) electrons. The van der Waals surface area contributed by atoms with Crippen LogP contribution in [0.5, 0.6) is 0 Å². The van der Waals surface area contributed by atoms with Crippen LogP contribution in [0.15, 0.2) is 28.7 Å². The van der Waals surface area contributed by atoms with Crippen molar-refractivity contribution in [2.24, 2.45) is 0 Å². The van der Waals surface area contributed by atoms with Gasteiger partial charge in [-0.3, -0.25) is 0 Å². The molecule has 0 spiro atoms. The van der Waals surface area contributed by atoms with Gasteiger partial charge in [-0.25, -0.2) is 0 Å². The summed E-state index contributed by atoms with van der Waals surface area (Å²) in [5, 5.41) is 17.2. The Hall–Kier alpha value is -1.32. The lowest BCUT2D eigenvalue weighted by atomic mass is 9.98. The van der Waals surface area contributed by atoms with Crippen molar-refractivity contribution in [1.29, 1.82) is 10.5 Å². The predicted octanol–water partition coefficient (Wildman–Crippen LogP) is 2.97. The molecule has 64 valence electrons. The molecular formula is C10H7BrN2. The van der Waals surface area contributed by atoms with Crippen molar-refractivity contribution in [3.05, 3.63) is 34.3 Å². The molecule has 0 aliphatic heterocycles. The van der Waals surface area contributed by atoms with Crippen LogP contribution in [0, 0.1) is 22.7 Å². The molecular weight excluding hydrogens is 228 g/mol. The van der Waals surface area contributed by atoms with Crippen molar-refractivity contribution < 1.29 is 0 Å². The van der Waals surface area contributed by atoms with Crippen LogP contribution in [0.25, 0.3) is 0 Å². The van der Waals surface area contributed by atoms with Gasteiger partial charge in [-0.05, 0) is 17.7 Å². The molecule has 0 amide bonds. The van der Waals surface area contributed by atoms with Crippen molar-refractivity contribution in [3.63, 3.8) is 0 Å². The fourth-order valence-electron chi connectivity index (χ4n) is 1.02. The Bertz CT molecular complexity index is 356. The molecule has 0 fully saturated rings. The minimum absolute atomic E-state index is 0.248. The van der Waals surface area contributed by atoms with Crippen LogP contribution in [-0.4, -0.2) is 0 Å². The molecule has 0 unspecified atom stereocenters. The highest BCUT2D eigenvalue weighted by Gasteiger charge is 2.08. The van der Waals surface area contributed by atoms with Gasteiger partial charge >= 0.3 is 0 Å². The van der Waals surface area contributed by atoms with Gasteiger partial charge in [0.05, 0.1) is 24.5 Å². The van der Waals surface area contributed by atoms with E-state index in [1.54, 1.807) is 0 Å². The normalized spacial score (nSPS) is 11.3. The Morgan fingerprint density at radius 2 is 1.85 bits per heavy atom. The zero-order chi connectivity index (χ0) is 9.68. The summed E-state index contributed by atoms with van der Waals surface area (Å²) >= 11 is 3.31. The van der Waals surface area contributed by atoms with E-state index >= 15 is 0 Å². The molecule has 1 aromatic carbocycles. The third-order valence-corrected chi connectivity index (χ3v) is 2.25. The average Bonchev–Trinajstić information content (AvgIpc) is 2.16. The lowest BCUT2D eigenvalue weighted by molar-refractivity contribution is 0.886. The standard InChI is InChI=1S/C10H7BrN2/c11-10-3-1-8(2-4-10)9(7-13)5-6-12/h1-4,9H,5H2/t9-/m1/s1. The molecule has 1 rings (SSSR count). The summed E-state index contributed by atoms with van der Waals surface area (Å²) in [5.41, 5.74) is 0.896. The summed E-state index contributed by atoms with van der Waals surface area (Å²) < 4.78 is 0.977. The Morgan fingerprint density at radius 1 is 1.23 bits per heavy atom. The molecule has 1 atom stereocenters. The second kappa shape index (κ2) is 4.64. The highest BCUT2D eigenvalue weighted by atomic mass is 79.9. The van der Waals surface area contributed by atoms with Gasteiger partial charge in [-0.15, -0.1) is 0 Å². The van der Waals surface area contributed by atoms with Crippen LogP contribution >= 0.6 is 15.9 Å². The van der Waals surface area contributed by atoms with E-state index in [0.29, 0.717) is 0 Å². The minimum atomic E-state index is -0.307. The molecule has 0 saturated carbocycles. The minimum Gasteiger partial charge on any atom is -0.198 e. The quantitative estimate of drug-likeness (QED) is 0.790. The summed E-state index contributed by atoms with van der Waals surface area (Å²) in [5.74, 6) is -0.307. The molecule has 2 nitrogen and oxygen atoms in total. The molecule has 0 heterocycles. The van der Waals surface area contributed by atoms with E-state index in [9.17, 15) is 0 Å². The van der Waals surface area contributed by atoms with E-state index in [1.165, 1.54) is 0 Å². The third kappa shape index (κ3) is 2.57. The first kappa shape index (κ1) is 9.77. The van der Waals surface area contributed by atoms with E-state index < -0.39 is 0 Å². The maximum Gasteiger partial charge on any atom is 0.0842 e. The van der Waals surface area contributed by atoms with E-state index in [4.69, 9.17) is 10.5 Å². The van der Waals surface area contributed by atoms with Gasteiger partial charge in [0.2, 0.25) is 0 Å². The maximum atomic E-state index is 8.77. The molecule has 0 N–H and O–H groups in total. The summed E-state index contributed by atoms with van der Waals surface area (Å²) in [7, 11) is 0. The van der Waals surface area contributed by atoms with Gasteiger partial charge in [0, 0.05) is 4.47 Å². The smallest absolute Gasteiger partial charge is 0.0842 e. The van der Waals surface area contributed by atoms with Gasteiger partial charge in [-0.2, -0.15) is 10.5 Å². The Balaban J connectivity index is 2.89. The lowest BCUT2D eigenvalue weighted by Gasteiger charge is -2.03. The first-order valence-electron chi connectivity index (χ1n) is 3.80. The number of hydrogen-bond donors (Lipinski definition) is 0. The molecule has 13 heavy (non-hydrogen) atoms. The Labute approximate surface area is 85.5 Å². The van der Waals surface area contributed by atoms with Crippen LogP contribution in [0.2, 0.25) is 0 Å². The third-order valence-electron chi connectivity index (χ3n) is 1.72. The molecule has 3 heteroatoms. The second-order valence-corrected chi connectivity index (χ2v) is 3.51. The van der Waals surface area contributed by atoms with Gasteiger partial charge in [-0.1, -0.05) is 28.1 Å². The lowest BCUT2D eigenvalue weighted by Crippen LogP contribution is -1.93. The van der Waals surface area contributed by atoms with Gasteiger partial charge in [0.25, 0.3) is 0 Å². The fraction of sp³-hybridized carbons (Fsp3) is 0.200. The maximum absolute atomic E-state index is 8.77. The first-order valence-corrected chi connectivity index (χ1v) is 4.59. The summed E-state index contributed by atoms with van der Waals surface area (Å²) in [4.78, 5) is 0. The van der Waals surface area contributed by atoms with Crippen LogP contribution in [0.3, 0.4) is 0 Å². The molecule has 0 bridgehead atoms. The van der Waals surface area contributed by atoms with Gasteiger partial charge in [0.1, 0.15) is 0 Å². The van der Waals surface area contributed by atoms with Crippen LogP contribution in [0.1, 0.15) is 17.9 Å². The number of halogens is 1. The van der Waals surface area contributed by atoms with Gasteiger partial charge < -0.3 is 0 Å². The average molecular weight is 235 g/mol. The van der Waals surface area contributed by atoms with E-state index in [0.717, 1.165) is 10.0 Å². The van der Waals surface area contributed by atoms with E-state index in [1.807, 2.05) is 30.3 Å². The molecule has 0 aliphatic carbocycles. The van der Waals surface area contributed by atoms with E-state index in [2.05, 4.69) is 22.0 Å². The number of benzene rings is 1. The monoisotopic (exact) mass is 234 g/mol. The van der Waals surface area contributed by atoms with Crippen molar-refractivity contribution in [2.45, 2.75) is 12.3 Å². The SMILES string of the molecule is N#CC[C@H](C#N)c1ccc(Br)cc1. The fourth-order valence-corrected chi connectivity index (χ4v) is 1.29. The van der Waals surface area contributed by atoms with Crippen LogP contribution < -0.4 is 0 Å². The van der Waals surface area contributed by atoms with Crippen molar-refractivity contribution in [2.75, 3.05) is 0 Å². The van der Waals surface area contributed by atoms with E-state index in [-0.39, 0.29) is 12.3 Å². The second-order valence-electron chi connectivity index (χ2n) is 2.60. The van der Waals surface area contributed by atoms with Crippen molar-refractivity contribution in [3.8, 4) is 12.1 Å². The van der Waals surface area contributed by atoms with Crippen molar-refractivity contribution >= 4 is 15.9 Å². The number of nitriles is 2. The highest BCUT2D eigenvalue weighted by Crippen LogP contribution is 2.20. The van der Waals surface area contributed by atoms with Crippen LogP contribution in [0.4, 0.5) is 0 Å².